The van der Waals surface area contributed by atoms with Crippen LogP contribution in [0.5, 0.6) is 5.75 Å². The molecule has 0 fully saturated rings. The van der Waals surface area contributed by atoms with Gasteiger partial charge in [0.25, 0.3) is 5.91 Å². The van der Waals surface area contributed by atoms with Crippen LogP contribution in [0.25, 0.3) is 0 Å². The Balaban J connectivity index is 1.86. The topological polar surface area (TPSA) is 95.9 Å². The van der Waals surface area contributed by atoms with Crippen LogP contribution in [-0.2, 0) is 14.3 Å². The van der Waals surface area contributed by atoms with E-state index in [4.69, 9.17) is 27.9 Å². The maximum atomic E-state index is 12.0. The number of likely N-dealkylation sites (N-methyl/N-ethyl adjacent to an activating group) is 1. The zero-order valence-electron chi connectivity index (χ0n) is 14.2. The SMILES string of the molecule is CN(CC(=O)Nc1ccccc1Cl)C(=O)COC(=O)c1cc(Cl)ccc1O. The van der Waals surface area contributed by atoms with Crippen molar-refractivity contribution in [2.45, 2.75) is 0 Å². The molecule has 0 aliphatic rings. The van der Waals surface area contributed by atoms with Gasteiger partial charge in [0.05, 0.1) is 17.3 Å². The van der Waals surface area contributed by atoms with Crippen molar-refractivity contribution < 1.29 is 24.2 Å². The normalized spacial score (nSPS) is 10.2. The van der Waals surface area contributed by atoms with Crippen LogP contribution in [0.4, 0.5) is 5.69 Å². The molecule has 2 amide bonds. The number of rotatable bonds is 6. The van der Waals surface area contributed by atoms with Crippen molar-refractivity contribution in [3.63, 3.8) is 0 Å². The predicted octanol–water partition coefficient (Wildman–Crippen LogP) is 2.95. The van der Waals surface area contributed by atoms with Crippen LogP contribution in [0.15, 0.2) is 42.5 Å². The van der Waals surface area contributed by atoms with Crippen LogP contribution in [0, 0.1) is 0 Å². The minimum Gasteiger partial charge on any atom is -0.507 e. The summed E-state index contributed by atoms with van der Waals surface area (Å²) in [5.74, 6) is -2.28. The number of phenols is 1. The Bertz CT molecular complexity index is 873. The smallest absolute Gasteiger partial charge is 0.342 e. The second kappa shape index (κ2) is 9.25. The highest BCUT2D eigenvalue weighted by Gasteiger charge is 2.18. The third-order valence-electron chi connectivity index (χ3n) is 3.46. The second-order valence-electron chi connectivity index (χ2n) is 5.52. The standard InChI is InChI=1S/C18H16Cl2N2O5/c1-22(9-16(24)21-14-5-3-2-4-13(14)20)17(25)10-27-18(26)12-8-11(19)6-7-15(12)23/h2-8,23H,9-10H2,1H3,(H,21,24). The van der Waals surface area contributed by atoms with Crippen LogP contribution < -0.4 is 5.32 Å². The maximum absolute atomic E-state index is 12.0. The van der Waals surface area contributed by atoms with Crippen molar-refractivity contribution in [3.8, 4) is 5.75 Å². The minimum atomic E-state index is -0.905. The van der Waals surface area contributed by atoms with Gasteiger partial charge in [0.15, 0.2) is 6.61 Å². The number of ether oxygens (including phenoxy) is 1. The summed E-state index contributed by atoms with van der Waals surface area (Å²) in [5, 5.41) is 12.8. The molecule has 2 aromatic rings. The number of nitrogens with zero attached hydrogens (tertiary/aromatic N) is 1. The summed E-state index contributed by atoms with van der Waals surface area (Å²) in [5.41, 5.74) is 0.266. The Labute approximate surface area is 165 Å². The lowest BCUT2D eigenvalue weighted by Gasteiger charge is -2.17. The highest BCUT2D eigenvalue weighted by molar-refractivity contribution is 6.33. The number of aromatic hydroxyl groups is 1. The molecule has 9 heteroatoms. The lowest BCUT2D eigenvalue weighted by molar-refractivity contribution is -0.136. The average Bonchev–Trinajstić information content (AvgIpc) is 2.63. The molecule has 7 nitrogen and oxygen atoms in total. The number of hydrogen-bond donors (Lipinski definition) is 2. The number of carbonyl (C=O) groups excluding carboxylic acids is 3. The second-order valence-corrected chi connectivity index (χ2v) is 6.36. The highest BCUT2D eigenvalue weighted by atomic mass is 35.5. The minimum absolute atomic E-state index is 0.158. The van der Waals surface area contributed by atoms with Gasteiger partial charge in [-0.2, -0.15) is 0 Å². The summed E-state index contributed by atoms with van der Waals surface area (Å²) in [4.78, 5) is 37.1. The van der Waals surface area contributed by atoms with Gasteiger partial charge in [0, 0.05) is 12.1 Å². The van der Waals surface area contributed by atoms with Gasteiger partial charge < -0.3 is 20.1 Å². The van der Waals surface area contributed by atoms with E-state index in [1.807, 2.05) is 0 Å². The maximum Gasteiger partial charge on any atom is 0.342 e. The van der Waals surface area contributed by atoms with E-state index < -0.39 is 24.4 Å². The quantitative estimate of drug-likeness (QED) is 0.713. The molecule has 2 aromatic carbocycles. The molecular weight excluding hydrogens is 395 g/mol. The molecule has 0 spiro atoms. The van der Waals surface area contributed by atoms with Crippen LogP contribution >= 0.6 is 23.2 Å². The molecular formula is C18H16Cl2N2O5. The molecule has 0 saturated carbocycles. The Kier molecular flexibility index (Phi) is 7.04. The van der Waals surface area contributed by atoms with Gasteiger partial charge in [-0.25, -0.2) is 4.79 Å². The Morgan fingerprint density at radius 1 is 1.15 bits per heavy atom. The fraction of sp³-hybridized carbons (Fsp3) is 0.167. The van der Waals surface area contributed by atoms with Gasteiger partial charge in [-0.3, -0.25) is 9.59 Å². The molecule has 0 atom stereocenters. The summed E-state index contributed by atoms with van der Waals surface area (Å²) in [7, 11) is 1.39. The monoisotopic (exact) mass is 410 g/mol. The largest absolute Gasteiger partial charge is 0.507 e. The van der Waals surface area contributed by atoms with Crippen molar-refractivity contribution in [2.24, 2.45) is 0 Å². The number of hydrogen-bond acceptors (Lipinski definition) is 5. The molecule has 27 heavy (non-hydrogen) atoms. The Morgan fingerprint density at radius 3 is 2.56 bits per heavy atom. The molecule has 2 rings (SSSR count). The molecule has 0 bridgehead atoms. The first-order valence-corrected chi connectivity index (χ1v) is 8.47. The van der Waals surface area contributed by atoms with E-state index in [9.17, 15) is 19.5 Å². The number of phenolic OH excluding ortho intramolecular Hbond substituents is 1. The van der Waals surface area contributed by atoms with Gasteiger partial charge in [-0.05, 0) is 30.3 Å². The lowest BCUT2D eigenvalue weighted by atomic mass is 10.2. The zero-order chi connectivity index (χ0) is 20.0. The summed E-state index contributed by atoms with van der Waals surface area (Å²) >= 11 is 11.7. The van der Waals surface area contributed by atoms with E-state index in [0.717, 1.165) is 4.90 Å². The van der Waals surface area contributed by atoms with Crippen LogP contribution in [0.3, 0.4) is 0 Å². The van der Waals surface area contributed by atoms with Gasteiger partial charge >= 0.3 is 5.97 Å². The van der Waals surface area contributed by atoms with Crippen molar-refractivity contribution in [1.82, 2.24) is 4.90 Å². The third kappa shape index (κ3) is 5.87. The van der Waals surface area contributed by atoms with Gasteiger partial charge in [-0.15, -0.1) is 0 Å². The summed E-state index contributed by atoms with van der Waals surface area (Å²) in [6.45, 7) is -0.856. The van der Waals surface area contributed by atoms with E-state index in [-0.39, 0.29) is 22.9 Å². The molecule has 142 valence electrons. The summed E-state index contributed by atoms with van der Waals surface area (Å²) < 4.78 is 4.86. The Hall–Kier alpha value is -2.77. The molecule has 0 heterocycles. The van der Waals surface area contributed by atoms with Crippen LogP contribution in [-0.4, -0.2) is 48.0 Å². The Morgan fingerprint density at radius 2 is 1.85 bits per heavy atom. The number of amides is 2. The molecule has 0 radical (unpaired) electrons. The predicted molar refractivity (Wildman–Crippen MR) is 101 cm³/mol. The molecule has 2 N–H and O–H groups in total. The fourth-order valence-electron chi connectivity index (χ4n) is 2.04. The molecule has 0 aromatic heterocycles. The molecule has 0 unspecified atom stereocenters. The first-order valence-electron chi connectivity index (χ1n) is 7.72. The fourth-order valence-corrected chi connectivity index (χ4v) is 2.40. The summed E-state index contributed by atoms with van der Waals surface area (Å²) in [6.07, 6.45) is 0. The average molecular weight is 411 g/mol. The van der Waals surface area contributed by atoms with E-state index in [0.29, 0.717) is 10.7 Å². The van der Waals surface area contributed by atoms with Gasteiger partial charge in [0.1, 0.15) is 11.3 Å². The van der Waals surface area contributed by atoms with Crippen LogP contribution in [0.1, 0.15) is 10.4 Å². The molecule has 0 aliphatic heterocycles. The van der Waals surface area contributed by atoms with E-state index in [1.165, 1.54) is 25.2 Å². The zero-order valence-corrected chi connectivity index (χ0v) is 15.8. The van der Waals surface area contributed by atoms with Crippen molar-refractivity contribution in [1.29, 1.82) is 0 Å². The van der Waals surface area contributed by atoms with Crippen molar-refractivity contribution >= 4 is 46.7 Å². The number of benzene rings is 2. The first kappa shape index (κ1) is 20.5. The lowest BCUT2D eigenvalue weighted by Crippen LogP contribution is -2.37. The van der Waals surface area contributed by atoms with Crippen molar-refractivity contribution in [2.75, 3.05) is 25.5 Å². The van der Waals surface area contributed by atoms with E-state index in [1.54, 1.807) is 24.3 Å². The number of esters is 1. The van der Waals surface area contributed by atoms with E-state index in [2.05, 4.69) is 5.32 Å². The van der Waals surface area contributed by atoms with Crippen LogP contribution in [0.2, 0.25) is 10.0 Å². The van der Waals surface area contributed by atoms with E-state index >= 15 is 0 Å². The van der Waals surface area contributed by atoms with Gasteiger partial charge in [-0.1, -0.05) is 35.3 Å². The molecule has 0 aliphatic carbocycles. The van der Waals surface area contributed by atoms with Gasteiger partial charge in [0.2, 0.25) is 5.91 Å². The summed E-state index contributed by atoms with van der Waals surface area (Å²) in [6, 6.07) is 10.6. The number of carbonyl (C=O) groups is 3. The van der Waals surface area contributed by atoms with Crippen molar-refractivity contribution in [3.05, 3.63) is 58.1 Å². The number of anilines is 1. The third-order valence-corrected chi connectivity index (χ3v) is 4.02. The first-order chi connectivity index (χ1) is 12.8. The highest BCUT2D eigenvalue weighted by Crippen LogP contribution is 2.22. The molecule has 0 saturated heterocycles. The number of nitrogens with one attached hydrogen (secondary N) is 1. The number of para-hydroxylation sites is 1. The number of halogens is 2.